The van der Waals surface area contributed by atoms with Crippen molar-refractivity contribution in [2.75, 3.05) is 19.8 Å². The highest BCUT2D eigenvalue weighted by Crippen LogP contribution is 2.13. The maximum absolute atomic E-state index is 10.5. The molecule has 13 heavy (non-hydrogen) atoms. The van der Waals surface area contributed by atoms with Crippen LogP contribution in [0, 0.1) is 5.92 Å². The Hall–Kier alpha value is -0.610. The highest BCUT2D eigenvalue weighted by atomic mass is 16.5. The van der Waals surface area contributed by atoms with E-state index in [-0.39, 0.29) is 0 Å². The van der Waals surface area contributed by atoms with Gasteiger partial charge in [0.2, 0.25) is 0 Å². The fraction of sp³-hybridized carbons (Fsp3) is 0.889. The van der Waals surface area contributed by atoms with Gasteiger partial charge >= 0.3 is 5.97 Å². The second-order valence-corrected chi connectivity index (χ2v) is 3.52. The summed E-state index contributed by atoms with van der Waals surface area (Å²) in [5.74, 6) is -0.206. The molecule has 0 bridgehead atoms. The first-order valence-electron chi connectivity index (χ1n) is 4.74. The van der Waals surface area contributed by atoms with Crippen LogP contribution in [-0.4, -0.2) is 36.9 Å². The molecule has 0 unspecified atom stereocenters. The van der Waals surface area contributed by atoms with E-state index >= 15 is 0 Å². The van der Waals surface area contributed by atoms with Crippen molar-refractivity contribution in [3.8, 4) is 0 Å². The zero-order chi connectivity index (χ0) is 9.68. The Bertz CT molecular complexity index is 166. The predicted octanol–water partition coefficient (Wildman–Crippen LogP) is 0.476. The number of carbonyl (C=O) groups is 1. The fourth-order valence-corrected chi connectivity index (χ4v) is 1.38. The van der Waals surface area contributed by atoms with Gasteiger partial charge in [0.1, 0.15) is 6.04 Å². The summed E-state index contributed by atoms with van der Waals surface area (Å²) in [6, 6.07) is -0.442. The molecule has 0 aromatic rings. The quantitative estimate of drug-likeness (QED) is 0.672. The Morgan fingerprint density at radius 3 is 2.77 bits per heavy atom. The third kappa shape index (κ3) is 3.74. The van der Waals surface area contributed by atoms with E-state index in [1.165, 1.54) is 0 Å². The van der Waals surface area contributed by atoms with Crippen LogP contribution in [0.25, 0.3) is 0 Å². The van der Waals surface area contributed by atoms with Gasteiger partial charge in [-0.3, -0.25) is 4.79 Å². The summed E-state index contributed by atoms with van der Waals surface area (Å²) in [5.41, 5.74) is 0. The average molecular weight is 187 g/mol. The summed E-state index contributed by atoms with van der Waals surface area (Å²) < 4.78 is 5.21. The Balaban J connectivity index is 2.13. The van der Waals surface area contributed by atoms with Crippen LogP contribution >= 0.6 is 0 Å². The van der Waals surface area contributed by atoms with E-state index in [2.05, 4.69) is 5.32 Å². The van der Waals surface area contributed by atoms with Crippen molar-refractivity contribution < 1.29 is 14.6 Å². The Kier molecular flexibility index (Phi) is 4.18. The molecular weight excluding hydrogens is 170 g/mol. The van der Waals surface area contributed by atoms with E-state index < -0.39 is 12.0 Å². The van der Waals surface area contributed by atoms with Crippen molar-refractivity contribution in [2.24, 2.45) is 5.92 Å². The van der Waals surface area contributed by atoms with Crippen molar-refractivity contribution in [3.63, 3.8) is 0 Å². The lowest BCUT2D eigenvalue weighted by Crippen LogP contribution is -2.38. The second-order valence-electron chi connectivity index (χ2n) is 3.52. The first-order chi connectivity index (χ1) is 6.20. The molecule has 0 saturated carbocycles. The first-order valence-corrected chi connectivity index (χ1v) is 4.74. The minimum Gasteiger partial charge on any atom is -0.480 e. The largest absolute Gasteiger partial charge is 0.480 e. The van der Waals surface area contributed by atoms with Crippen molar-refractivity contribution in [1.29, 1.82) is 0 Å². The van der Waals surface area contributed by atoms with Crippen LogP contribution in [0.3, 0.4) is 0 Å². The molecule has 1 rings (SSSR count). The molecule has 2 N–H and O–H groups in total. The monoisotopic (exact) mass is 187 g/mol. The van der Waals surface area contributed by atoms with Gasteiger partial charge in [-0.1, -0.05) is 0 Å². The summed E-state index contributed by atoms with van der Waals surface area (Å²) in [7, 11) is 0. The zero-order valence-electron chi connectivity index (χ0n) is 7.95. The molecule has 1 atom stereocenters. The third-order valence-corrected chi connectivity index (χ3v) is 2.42. The van der Waals surface area contributed by atoms with Crippen molar-refractivity contribution in [2.45, 2.75) is 25.8 Å². The summed E-state index contributed by atoms with van der Waals surface area (Å²) in [4.78, 5) is 10.5. The molecule has 1 aliphatic rings. The van der Waals surface area contributed by atoms with E-state index in [1.807, 2.05) is 0 Å². The topological polar surface area (TPSA) is 58.6 Å². The smallest absolute Gasteiger partial charge is 0.320 e. The number of hydrogen-bond donors (Lipinski definition) is 2. The highest BCUT2D eigenvalue weighted by Gasteiger charge is 2.16. The van der Waals surface area contributed by atoms with Crippen molar-refractivity contribution >= 4 is 5.97 Å². The molecule has 0 aliphatic carbocycles. The zero-order valence-corrected chi connectivity index (χ0v) is 7.95. The lowest BCUT2D eigenvalue weighted by molar-refractivity contribution is -0.139. The molecule has 0 aromatic carbocycles. The van der Waals surface area contributed by atoms with Gasteiger partial charge in [0.05, 0.1) is 0 Å². The predicted molar refractivity (Wildman–Crippen MR) is 48.6 cm³/mol. The minimum absolute atomic E-state index is 0.442. The molecule has 0 spiro atoms. The van der Waals surface area contributed by atoms with E-state index in [9.17, 15) is 4.79 Å². The third-order valence-electron chi connectivity index (χ3n) is 2.42. The normalized spacial score (nSPS) is 21.3. The molecule has 0 aromatic heterocycles. The molecule has 1 heterocycles. The molecule has 4 nitrogen and oxygen atoms in total. The molecule has 0 radical (unpaired) electrons. The van der Waals surface area contributed by atoms with Crippen LogP contribution in [-0.2, 0) is 9.53 Å². The molecule has 1 aliphatic heterocycles. The number of carboxylic acids is 1. The lowest BCUT2D eigenvalue weighted by atomic mass is 10.0. The molecule has 1 fully saturated rings. The second kappa shape index (κ2) is 5.19. The minimum atomic E-state index is -0.785. The fourth-order valence-electron chi connectivity index (χ4n) is 1.38. The Morgan fingerprint density at radius 2 is 2.23 bits per heavy atom. The summed E-state index contributed by atoms with van der Waals surface area (Å²) in [5, 5.41) is 11.6. The van der Waals surface area contributed by atoms with Crippen molar-refractivity contribution in [3.05, 3.63) is 0 Å². The maximum atomic E-state index is 10.5. The van der Waals surface area contributed by atoms with Gasteiger partial charge in [-0.05, 0) is 32.2 Å². The van der Waals surface area contributed by atoms with Crippen LogP contribution < -0.4 is 5.32 Å². The number of nitrogens with one attached hydrogen (secondary N) is 1. The van der Waals surface area contributed by atoms with Gasteiger partial charge < -0.3 is 15.2 Å². The molecule has 1 saturated heterocycles. The van der Waals surface area contributed by atoms with E-state index in [1.54, 1.807) is 6.92 Å². The van der Waals surface area contributed by atoms with Gasteiger partial charge in [-0.15, -0.1) is 0 Å². The number of aliphatic carboxylic acids is 1. The van der Waals surface area contributed by atoms with Gasteiger partial charge in [-0.2, -0.15) is 0 Å². The van der Waals surface area contributed by atoms with E-state index in [0.717, 1.165) is 32.6 Å². The summed E-state index contributed by atoms with van der Waals surface area (Å²) in [6.07, 6.45) is 2.08. The highest BCUT2D eigenvalue weighted by molar-refractivity contribution is 5.72. The van der Waals surface area contributed by atoms with Gasteiger partial charge in [-0.25, -0.2) is 0 Å². The van der Waals surface area contributed by atoms with Gasteiger partial charge in [0.15, 0.2) is 0 Å². The number of hydrogen-bond acceptors (Lipinski definition) is 3. The standard InChI is InChI=1S/C9H17NO3/c1-7(9(11)12)10-6-8-2-4-13-5-3-8/h7-8,10H,2-6H2,1H3,(H,11,12)/t7-/m1/s1. The van der Waals surface area contributed by atoms with Crippen LogP contribution in [0.2, 0.25) is 0 Å². The van der Waals surface area contributed by atoms with Crippen LogP contribution in [0.15, 0.2) is 0 Å². The van der Waals surface area contributed by atoms with Crippen LogP contribution in [0.4, 0.5) is 0 Å². The molecule has 0 amide bonds. The number of rotatable bonds is 4. The average Bonchev–Trinajstić information content (AvgIpc) is 2.15. The van der Waals surface area contributed by atoms with Crippen molar-refractivity contribution in [1.82, 2.24) is 5.32 Å². The maximum Gasteiger partial charge on any atom is 0.320 e. The van der Waals surface area contributed by atoms with Gasteiger partial charge in [0, 0.05) is 13.2 Å². The summed E-state index contributed by atoms with van der Waals surface area (Å²) >= 11 is 0. The molecule has 4 heteroatoms. The van der Waals surface area contributed by atoms with Crippen LogP contribution in [0.5, 0.6) is 0 Å². The first kappa shape index (κ1) is 10.5. The molecular formula is C9H17NO3. The lowest BCUT2D eigenvalue weighted by Gasteiger charge is -2.23. The van der Waals surface area contributed by atoms with E-state index in [0.29, 0.717) is 5.92 Å². The van der Waals surface area contributed by atoms with Crippen LogP contribution in [0.1, 0.15) is 19.8 Å². The SMILES string of the molecule is C[C@@H](NCC1CCOCC1)C(=O)O. The van der Waals surface area contributed by atoms with Gasteiger partial charge in [0.25, 0.3) is 0 Å². The Morgan fingerprint density at radius 1 is 1.62 bits per heavy atom. The summed E-state index contributed by atoms with van der Waals surface area (Å²) in [6.45, 7) is 4.08. The van der Waals surface area contributed by atoms with E-state index in [4.69, 9.17) is 9.84 Å². The number of carboxylic acid groups (broad SMARTS) is 1. The number of ether oxygens (including phenoxy) is 1. The molecule has 76 valence electrons. The Labute approximate surface area is 78.3 Å².